The molecule has 0 saturated carbocycles. The summed E-state index contributed by atoms with van der Waals surface area (Å²) >= 11 is 0. The van der Waals surface area contributed by atoms with Crippen molar-refractivity contribution in [1.29, 1.82) is 5.26 Å². The van der Waals surface area contributed by atoms with E-state index in [1.807, 2.05) is 6.07 Å². The Morgan fingerprint density at radius 1 is 0.909 bits per heavy atom. The molecule has 0 atom stereocenters. The van der Waals surface area contributed by atoms with Crippen molar-refractivity contribution in [3.8, 4) is 11.8 Å². The SMILES string of the molecule is N#Cc1ccccc1OCC(=O)NNC(=O)c1ccc2c(c1)S(=O)(=O)c1ccccc1C2=O. The normalized spacial score (nSPS) is 13.1. The number of ketones is 1. The second kappa shape index (κ2) is 8.57. The number of ether oxygens (including phenoxy) is 1. The number of carbonyl (C=O) groups excluding carboxylic acids is 3. The fraction of sp³-hybridized carbons (Fsp3) is 0.0435. The minimum atomic E-state index is -4.00. The smallest absolute Gasteiger partial charge is 0.276 e. The van der Waals surface area contributed by atoms with Crippen LogP contribution in [0.4, 0.5) is 0 Å². The first-order valence-electron chi connectivity index (χ1n) is 9.57. The van der Waals surface area contributed by atoms with Gasteiger partial charge in [0.1, 0.15) is 11.8 Å². The topological polar surface area (TPSA) is 142 Å². The average molecular weight is 461 g/mol. The highest BCUT2D eigenvalue weighted by Crippen LogP contribution is 2.34. The van der Waals surface area contributed by atoms with Crippen molar-refractivity contribution in [3.63, 3.8) is 0 Å². The Labute approximate surface area is 188 Å². The third kappa shape index (κ3) is 4.05. The third-order valence-corrected chi connectivity index (χ3v) is 6.73. The minimum absolute atomic E-state index is 0.0288. The number of hydrogen-bond donors (Lipinski definition) is 2. The number of carbonyl (C=O) groups is 3. The second-order valence-corrected chi connectivity index (χ2v) is 8.83. The van der Waals surface area contributed by atoms with Crippen molar-refractivity contribution in [1.82, 2.24) is 10.9 Å². The number of amides is 2. The lowest BCUT2D eigenvalue weighted by atomic mass is 10.0. The monoisotopic (exact) mass is 461 g/mol. The fourth-order valence-corrected chi connectivity index (χ4v) is 4.97. The molecule has 164 valence electrons. The lowest BCUT2D eigenvalue weighted by molar-refractivity contribution is -0.123. The molecule has 3 aromatic rings. The van der Waals surface area contributed by atoms with Crippen molar-refractivity contribution >= 4 is 27.4 Å². The molecule has 0 aliphatic carbocycles. The summed E-state index contributed by atoms with van der Waals surface area (Å²) in [6.45, 7) is -0.469. The molecule has 2 amide bonds. The average Bonchev–Trinajstić information content (AvgIpc) is 2.84. The molecule has 0 unspecified atom stereocenters. The molecule has 0 spiro atoms. The van der Waals surface area contributed by atoms with Gasteiger partial charge in [-0.1, -0.05) is 24.3 Å². The molecule has 0 saturated heterocycles. The highest BCUT2D eigenvalue weighted by Gasteiger charge is 2.35. The van der Waals surface area contributed by atoms with Gasteiger partial charge in [0.25, 0.3) is 11.8 Å². The summed E-state index contributed by atoms with van der Waals surface area (Å²) in [5.74, 6) is -1.73. The van der Waals surface area contributed by atoms with E-state index in [0.717, 1.165) is 6.07 Å². The van der Waals surface area contributed by atoms with Crippen molar-refractivity contribution in [2.24, 2.45) is 0 Å². The third-order valence-electron chi connectivity index (χ3n) is 4.88. The summed E-state index contributed by atoms with van der Waals surface area (Å²) in [6, 6.07) is 17.8. The second-order valence-electron chi connectivity index (χ2n) is 6.94. The number of sulfone groups is 1. The number of nitriles is 1. The van der Waals surface area contributed by atoms with Crippen LogP contribution in [-0.4, -0.2) is 32.6 Å². The molecule has 10 heteroatoms. The predicted molar refractivity (Wildman–Crippen MR) is 114 cm³/mol. The Bertz CT molecular complexity index is 1460. The number of benzene rings is 3. The van der Waals surface area contributed by atoms with Gasteiger partial charge in [-0.05, 0) is 42.5 Å². The van der Waals surface area contributed by atoms with Crippen LogP contribution >= 0.6 is 0 Å². The molecule has 3 aromatic carbocycles. The first kappa shape index (κ1) is 21.7. The number of fused-ring (bicyclic) bond motifs is 2. The standard InChI is InChI=1S/C23H15N3O6S/c24-12-15-5-1-3-7-18(15)32-13-21(27)25-26-23(29)14-9-10-17-20(11-14)33(30,31)19-8-4-2-6-16(19)22(17)28/h1-11H,13H2,(H,25,27)(H,26,29). The summed E-state index contributed by atoms with van der Waals surface area (Å²) in [7, 11) is -4.00. The molecule has 0 radical (unpaired) electrons. The number of nitrogens with one attached hydrogen (secondary N) is 2. The van der Waals surface area contributed by atoms with Crippen LogP contribution in [0.15, 0.2) is 76.5 Å². The molecule has 1 heterocycles. The van der Waals surface area contributed by atoms with Crippen LogP contribution in [0.25, 0.3) is 0 Å². The van der Waals surface area contributed by atoms with Crippen LogP contribution < -0.4 is 15.6 Å². The molecule has 0 bridgehead atoms. The van der Waals surface area contributed by atoms with Gasteiger partial charge in [0.05, 0.1) is 15.4 Å². The van der Waals surface area contributed by atoms with Crippen LogP contribution in [0, 0.1) is 11.3 Å². The van der Waals surface area contributed by atoms with Gasteiger partial charge in [-0.25, -0.2) is 8.42 Å². The summed E-state index contributed by atoms with van der Waals surface area (Å²) in [4.78, 5) is 36.7. The van der Waals surface area contributed by atoms with Gasteiger partial charge >= 0.3 is 0 Å². The maximum Gasteiger partial charge on any atom is 0.276 e. The number of para-hydroxylation sites is 1. The Hall–Kier alpha value is -4.49. The van der Waals surface area contributed by atoms with E-state index in [0.29, 0.717) is 0 Å². The van der Waals surface area contributed by atoms with Crippen LogP contribution in [-0.2, 0) is 14.6 Å². The summed E-state index contributed by atoms with van der Waals surface area (Å²) in [5, 5.41) is 9.03. The zero-order valence-electron chi connectivity index (χ0n) is 16.9. The quantitative estimate of drug-likeness (QED) is 0.441. The van der Waals surface area contributed by atoms with Crippen molar-refractivity contribution in [2.45, 2.75) is 9.79 Å². The van der Waals surface area contributed by atoms with Gasteiger partial charge in [0.2, 0.25) is 9.84 Å². The van der Waals surface area contributed by atoms with Gasteiger partial charge in [-0.3, -0.25) is 25.2 Å². The Balaban J connectivity index is 1.46. The zero-order chi connectivity index (χ0) is 23.6. The lowest BCUT2D eigenvalue weighted by Gasteiger charge is -2.19. The molecule has 4 rings (SSSR count). The predicted octanol–water partition coefficient (Wildman–Crippen LogP) is 1.78. The van der Waals surface area contributed by atoms with Gasteiger partial charge in [0.15, 0.2) is 12.4 Å². The molecule has 0 fully saturated rings. The number of hydrazine groups is 1. The number of hydrogen-bond acceptors (Lipinski definition) is 7. The van der Waals surface area contributed by atoms with Crippen molar-refractivity contribution < 1.29 is 27.5 Å². The van der Waals surface area contributed by atoms with Crippen molar-refractivity contribution in [3.05, 3.63) is 89.0 Å². The lowest BCUT2D eigenvalue weighted by Crippen LogP contribution is -2.44. The zero-order valence-corrected chi connectivity index (χ0v) is 17.7. The summed E-state index contributed by atoms with van der Waals surface area (Å²) in [6.07, 6.45) is 0. The largest absolute Gasteiger partial charge is 0.482 e. The van der Waals surface area contributed by atoms with Crippen LogP contribution in [0.5, 0.6) is 5.75 Å². The molecule has 2 N–H and O–H groups in total. The van der Waals surface area contributed by atoms with E-state index < -0.39 is 34.0 Å². The minimum Gasteiger partial charge on any atom is -0.482 e. The maximum atomic E-state index is 13.0. The Morgan fingerprint density at radius 2 is 1.61 bits per heavy atom. The highest BCUT2D eigenvalue weighted by molar-refractivity contribution is 7.91. The summed E-state index contributed by atoms with van der Waals surface area (Å²) in [5.41, 5.74) is 4.55. The van der Waals surface area contributed by atoms with E-state index in [1.54, 1.807) is 18.2 Å². The molecule has 33 heavy (non-hydrogen) atoms. The summed E-state index contributed by atoms with van der Waals surface area (Å²) < 4.78 is 31.2. The highest BCUT2D eigenvalue weighted by atomic mass is 32.2. The van der Waals surface area contributed by atoms with Crippen LogP contribution in [0.3, 0.4) is 0 Å². The molecule has 1 aliphatic rings. The van der Waals surface area contributed by atoms with Gasteiger partial charge in [0, 0.05) is 16.7 Å². The van der Waals surface area contributed by atoms with Gasteiger partial charge in [-0.2, -0.15) is 5.26 Å². The van der Waals surface area contributed by atoms with Crippen LogP contribution in [0.1, 0.15) is 31.8 Å². The molecule has 0 aromatic heterocycles. The van der Waals surface area contributed by atoms with E-state index in [4.69, 9.17) is 10.00 Å². The van der Waals surface area contributed by atoms with Gasteiger partial charge < -0.3 is 4.74 Å². The molecule has 1 aliphatic heterocycles. The fourth-order valence-electron chi connectivity index (χ4n) is 3.29. The molecule has 9 nitrogen and oxygen atoms in total. The van der Waals surface area contributed by atoms with Crippen molar-refractivity contribution in [2.75, 3.05) is 6.61 Å². The number of rotatable bonds is 4. The Morgan fingerprint density at radius 3 is 2.39 bits per heavy atom. The van der Waals surface area contributed by atoms with E-state index >= 15 is 0 Å². The molecular weight excluding hydrogens is 446 g/mol. The first-order valence-corrected chi connectivity index (χ1v) is 11.0. The first-order chi connectivity index (χ1) is 15.8. The maximum absolute atomic E-state index is 13.0. The molecular formula is C23H15N3O6S. The van der Waals surface area contributed by atoms with E-state index in [9.17, 15) is 22.8 Å². The number of nitrogens with zero attached hydrogens (tertiary/aromatic N) is 1. The van der Waals surface area contributed by atoms with E-state index in [2.05, 4.69) is 10.9 Å². The van der Waals surface area contributed by atoms with Gasteiger partial charge in [-0.15, -0.1) is 0 Å². The Kier molecular flexibility index (Phi) is 5.64. The van der Waals surface area contributed by atoms with Crippen LogP contribution in [0.2, 0.25) is 0 Å². The van der Waals surface area contributed by atoms with E-state index in [-0.39, 0.29) is 37.8 Å². The van der Waals surface area contributed by atoms with E-state index in [1.165, 1.54) is 42.5 Å².